The smallest absolute Gasteiger partial charge is 0.254 e. The van der Waals surface area contributed by atoms with Crippen molar-refractivity contribution in [1.29, 1.82) is 0 Å². The van der Waals surface area contributed by atoms with Crippen molar-refractivity contribution in [1.82, 2.24) is 16.0 Å². The van der Waals surface area contributed by atoms with Crippen molar-refractivity contribution in [3.63, 3.8) is 0 Å². The second-order valence-corrected chi connectivity index (χ2v) is 7.42. The molecule has 146 valence electrons. The van der Waals surface area contributed by atoms with E-state index in [4.69, 9.17) is 0 Å². The molecule has 0 fully saturated rings. The maximum Gasteiger partial charge on any atom is 0.254 e. The fourth-order valence-electron chi connectivity index (χ4n) is 2.33. The van der Waals surface area contributed by atoms with Gasteiger partial charge in [-0.15, -0.1) is 0 Å². The van der Waals surface area contributed by atoms with Crippen molar-refractivity contribution in [2.24, 2.45) is 5.92 Å². The fourth-order valence-corrected chi connectivity index (χ4v) is 2.33. The topological polar surface area (TPSA) is 70.2 Å². The summed E-state index contributed by atoms with van der Waals surface area (Å²) in [5.74, 6) is -1.77. The zero-order valence-corrected chi connectivity index (χ0v) is 15.9. The molecule has 0 aliphatic carbocycles. The van der Waals surface area contributed by atoms with Crippen molar-refractivity contribution >= 4 is 11.8 Å². The SMILES string of the molecule is CC(C)CNC(=O)CC(C)(C)NCCCNC(=O)c1ccc(F)cc1F. The minimum Gasteiger partial charge on any atom is -0.356 e. The van der Waals surface area contributed by atoms with Gasteiger partial charge in [0.15, 0.2) is 0 Å². The van der Waals surface area contributed by atoms with Crippen molar-refractivity contribution in [2.75, 3.05) is 19.6 Å². The second kappa shape index (κ2) is 10.2. The van der Waals surface area contributed by atoms with Gasteiger partial charge in [0, 0.05) is 31.1 Å². The number of rotatable bonds is 10. The van der Waals surface area contributed by atoms with Crippen LogP contribution in [0.15, 0.2) is 18.2 Å². The third-order valence-electron chi connectivity index (χ3n) is 3.73. The molecule has 3 N–H and O–H groups in total. The molecule has 1 aromatic carbocycles. The summed E-state index contributed by atoms with van der Waals surface area (Å²) in [5, 5.41) is 8.76. The Labute approximate surface area is 153 Å². The van der Waals surface area contributed by atoms with E-state index in [0.717, 1.165) is 12.1 Å². The highest BCUT2D eigenvalue weighted by Gasteiger charge is 2.21. The normalized spacial score (nSPS) is 11.5. The third kappa shape index (κ3) is 8.38. The van der Waals surface area contributed by atoms with Crippen LogP contribution in [0.5, 0.6) is 0 Å². The van der Waals surface area contributed by atoms with Crippen LogP contribution in [-0.4, -0.2) is 37.0 Å². The molecule has 0 aromatic heterocycles. The standard InChI is InChI=1S/C19H29F2N3O2/c1-13(2)12-23-17(25)11-19(3,4)24-9-5-8-22-18(26)15-7-6-14(20)10-16(15)21/h6-7,10,13,24H,5,8-9,11-12H2,1-4H3,(H,22,26)(H,23,25). The van der Waals surface area contributed by atoms with Crippen molar-refractivity contribution in [2.45, 2.75) is 46.1 Å². The predicted molar refractivity (Wildman–Crippen MR) is 97.9 cm³/mol. The summed E-state index contributed by atoms with van der Waals surface area (Å²) in [5.41, 5.74) is -0.546. The van der Waals surface area contributed by atoms with Gasteiger partial charge in [0.2, 0.25) is 5.91 Å². The lowest BCUT2D eigenvalue weighted by Gasteiger charge is -2.26. The molecule has 7 heteroatoms. The average Bonchev–Trinajstić information content (AvgIpc) is 2.51. The van der Waals surface area contributed by atoms with Crippen LogP contribution in [0.1, 0.15) is 50.9 Å². The average molecular weight is 369 g/mol. The Morgan fingerprint density at radius 3 is 2.42 bits per heavy atom. The molecule has 0 atom stereocenters. The summed E-state index contributed by atoms with van der Waals surface area (Å²) in [4.78, 5) is 23.7. The molecule has 0 aliphatic rings. The van der Waals surface area contributed by atoms with Crippen LogP contribution in [0, 0.1) is 17.6 Å². The Hall–Kier alpha value is -2.02. The van der Waals surface area contributed by atoms with Crippen LogP contribution in [0.4, 0.5) is 8.78 Å². The van der Waals surface area contributed by atoms with E-state index in [0.29, 0.717) is 44.5 Å². The lowest BCUT2D eigenvalue weighted by molar-refractivity contribution is -0.122. The van der Waals surface area contributed by atoms with E-state index in [9.17, 15) is 18.4 Å². The second-order valence-electron chi connectivity index (χ2n) is 7.42. The summed E-state index contributed by atoms with van der Waals surface area (Å²) >= 11 is 0. The van der Waals surface area contributed by atoms with Crippen molar-refractivity contribution in [3.05, 3.63) is 35.4 Å². The first kappa shape index (κ1) is 22.0. The summed E-state index contributed by atoms with van der Waals surface area (Å²) < 4.78 is 26.4. The van der Waals surface area contributed by atoms with E-state index in [1.54, 1.807) is 0 Å². The Morgan fingerprint density at radius 1 is 1.12 bits per heavy atom. The Kier molecular flexibility index (Phi) is 8.65. The molecule has 0 saturated heterocycles. The molecule has 26 heavy (non-hydrogen) atoms. The summed E-state index contributed by atoms with van der Waals surface area (Å²) in [7, 11) is 0. The number of nitrogens with one attached hydrogen (secondary N) is 3. The van der Waals surface area contributed by atoms with E-state index < -0.39 is 17.5 Å². The predicted octanol–water partition coefficient (Wildman–Crippen LogP) is 2.62. The quantitative estimate of drug-likeness (QED) is 0.555. The van der Waals surface area contributed by atoms with E-state index in [1.807, 2.05) is 27.7 Å². The van der Waals surface area contributed by atoms with Gasteiger partial charge in [-0.3, -0.25) is 9.59 Å². The van der Waals surface area contributed by atoms with Crippen LogP contribution < -0.4 is 16.0 Å². The van der Waals surface area contributed by atoms with Crippen LogP contribution >= 0.6 is 0 Å². The third-order valence-corrected chi connectivity index (χ3v) is 3.73. The highest BCUT2D eigenvalue weighted by Crippen LogP contribution is 2.10. The molecule has 0 heterocycles. The number of carbonyl (C=O) groups is 2. The van der Waals surface area contributed by atoms with E-state index in [2.05, 4.69) is 16.0 Å². The molecule has 0 aliphatic heterocycles. The summed E-state index contributed by atoms with van der Waals surface area (Å²) in [6, 6.07) is 2.85. The number of amides is 2. The van der Waals surface area contributed by atoms with Gasteiger partial charge in [0.05, 0.1) is 5.56 Å². The highest BCUT2D eigenvalue weighted by atomic mass is 19.1. The lowest BCUT2D eigenvalue weighted by atomic mass is 10.00. The molecule has 0 unspecified atom stereocenters. The molecule has 2 amide bonds. The van der Waals surface area contributed by atoms with Crippen LogP contribution in [0.3, 0.4) is 0 Å². The first-order valence-electron chi connectivity index (χ1n) is 8.85. The molecular weight excluding hydrogens is 340 g/mol. The minimum atomic E-state index is -0.880. The highest BCUT2D eigenvalue weighted by molar-refractivity contribution is 5.94. The zero-order chi connectivity index (χ0) is 19.7. The lowest BCUT2D eigenvalue weighted by Crippen LogP contribution is -2.45. The van der Waals surface area contributed by atoms with Gasteiger partial charge in [-0.25, -0.2) is 8.78 Å². The largest absolute Gasteiger partial charge is 0.356 e. The van der Waals surface area contributed by atoms with Gasteiger partial charge in [-0.1, -0.05) is 13.8 Å². The molecule has 0 radical (unpaired) electrons. The zero-order valence-electron chi connectivity index (χ0n) is 15.9. The van der Waals surface area contributed by atoms with E-state index in [-0.39, 0.29) is 17.0 Å². The minimum absolute atomic E-state index is 0.00344. The molecule has 0 bridgehead atoms. The Balaban J connectivity index is 2.28. The number of halogens is 2. The van der Waals surface area contributed by atoms with Crippen LogP contribution in [0.25, 0.3) is 0 Å². The van der Waals surface area contributed by atoms with E-state index in [1.165, 1.54) is 0 Å². The molecular formula is C19H29F2N3O2. The van der Waals surface area contributed by atoms with Gasteiger partial charge >= 0.3 is 0 Å². The number of benzene rings is 1. The summed E-state index contributed by atoms with van der Waals surface area (Å²) in [6.45, 7) is 9.55. The van der Waals surface area contributed by atoms with Crippen LogP contribution in [0.2, 0.25) is 0 Å². The molecule has 1 aromatic rings. The first-order valence-corrected chi connectivity index (χ1v) is 8.85. The van der Waals surface area contributed by atoms with Gasteiger partial charge < -0.3 is 16.0 Å². The first-order chi connectivity index (χ1) is 12.1. The summed E-state index contributed by atoms with van der Waals surface area (Å²) in [6.07, 6.45) is 0.971. The number of hydrogen-bond donors (Lipinski definition) is 3. The maximum absolute atomic E-state index is 13.5. The van der Waals surface area contributed by atoms with Crippen molar-refractivity contribution in [3.8, 4) is 0 Å². The number of carbonyl (C=O) groups excluding carboxylic acids is 2. The molecule has 5 nitrogen and oxygen atoms in total. The Bertz CT molecular complexity index is 619. The monoisotopic (exact) mass is 369 g/mol. The molecule has 0 spiro atoms. The Morgan fingerprint density at radius 2 is 1.81 bits per heavy atom. The molecule has 0 saturated carbocycles. The number of hydrogen-bond acceptors (Lipinski definition) is 3. The van der Waals surface area contributed by atoms with Gasteiger partial charge in [-0.2, -0.15) is 0 Å². The van der Waals surface area contributed by atoms with Gasteiger partial charge in [0.1, 0.15) is 11.6 Å². The maximum atomic E-state index is 13.5. The van der Waals surface area contributed by atoms with E-state index >= 15 is 0 Å². The van der Waals surface area contributed by atoms with Gasteiger partial charge in [0.25, 0.3) is 5.91 Å². The fraction of sp³-hybridized carbons (Fsp3) is 0.579. The van der Waals surface area contributed by atoms with Crippen molar-refractivity contribution < 1.29 is 18.4 Å². The molecule has 1 rings (SSSR count). The van der Waals surface area contributed by atoms with Crippen LogP contribution in [-0.2, 0) is 4.79 Å². The van der Waals surface area contributed by atoms with Gasteiger partial charge in [-0.05, 0) is 44.9 Å².